The predicted molar refractivity (Wildman–Crippen MR) is 103 cm³/mol. The Balaban J connectivity index is 1.77. The number of anilines is 1. The average Bonchev–Trinajstić information content (AvgIpc) is 2.90. The fourth-order valence-electron chi connectivity index (χ4n) is 2.15. The van der Waals surface area contributed by atoms with Gasteiger partial charge in [-0.25, -0.2) is 4.99 Å². The number of halogens is 1. The SMILES string of the molecule is CC(=O)Nc1ccc(/C=C2/SC(=Nc3ccccc3Cl)NC2=O)cc1. The van der Waals surface area contributed by atoms with Gasteiger partial charge in [0.2, 0.25) is 5.91 Å². The normalized spacial score (nSPS) is 17.0. The molecule has 0 radical (unpaired) electrons. The first kappa shape index (κ1) is 17.3. The second-order valence-electron chi connectivity index (χ2n) is 5.24. The number of para-hydroxylation sites is 1. The van der Waals surface area contributed by atoms with Crippen molar-refractivity contribution in [3.63, 3.8) is 0 Å². The zero-order valence-corrected chi connectivity index (χ0v) is 14.8. The van der Waals surface area contributed by atoms with Crippen molar-refractivity contribution in [3.05, 3.63) is 64.0 Å². The van der Waals surface area contributed by atoms with Crippen LogP contribution in [0.5, 0.6) is 0 Å². The summed E-state index contributed by atoms with van der Waals surface area (Å²) in [5.74, 6) is -0.334. The lowest BCUT2D eigenvalue weighted by Gasteiger charge is -2.02. The molecule has 0 spiro atoms. The number of carbonyl (C=O) groups is 2. The van der Waals surface area contributed by atoms with E-state index in [9.17, 15) is 9.59 Å². The number of amides is 2. The van der Waals surface area contributed by atoms with Gasteiger partial charge < -0.3 is 10.6 Å². The molecule has 7 heteroatoms. The highest BCUT2D eigenvalue weighted by Crippen LogP contribution is 2.30. The van der Waals surface area contributed by atoms with Crippen LogP contribution in [0.3, 0.4) is 0 Å². The number of hydrogen-bond donors (Lipinski definition) is 2. The van der Waals surface area contributed by atoms with Gasteiger partial charge in [-0.3, -0.25) is 9.59 Å². The largest absolute Gasteiger partial charge is 0.326 e. The smallest absolute Gasteiger partial charge is 0.264 e. The van der Waals surface area contributed by atoms with E-state index in [4.69, 9.17) is 11.6 Å². The fraction of sp³-hybridized carbons (Fsp3) is 0.0556. The minimum atomic E-state index is -0.207. The molecule has 1 aliphatic heterocycles. The van der Waals surface area contributed by atoms with E-state index in [0.717, 1.165) is 5.56 Å². The van der Waals surface area contributed by atoms with Crippen molar-refractivity contribution in [3.8, 4) is 0 Å². The highest BCUT2D eigenvalue weighted by molar-refractivity contribution is 8.18. The number of carbonyl (C=O) groups excluding carboxylic acids is 2. The number of thioether (sulfide) groups is 1. The van der Waals surface area contributed by atoms with E-state index in [0.29, 0.717) is 26.5 Å². The summed E-state index contributed by atoms with van der Waals surface area (Å²) in [5.41, 5.74) is 2.16. The molecule has 2 N–H and O–H groups in total. The first-order valence-corrected chi connectivity index (χ1v) is 8.62. The quantitative estimate of drug-likeness (QED) is 0.795. The molecule has 126 valence electrons. The van der Waals surface area contributed by atoms with Gasteiger partial charge in [0.25, 0.3) is 5.91 Å². The van der Waals surface area contributed by atoms with Crippen molar-refractivity contribution in [2.24, 2.45) is 4.99 Å². The molecule has 0 aromatic heterocycles. The second kappa shape index (κ2) is 7.55. The van der Waals surface area contributed by atoms with E-state index < -0.39 is 0 Å². The Hall–Kier alpha value is -2.57. The molecule has 1 saturated heterocycles. The van der Waals surface area contributed by atoms with Crippen LogP contribution >= 0.6 is 23.4 Å². The van der Waals surface area contributed by atoms with Crippen LogP contribution in [0.2, 0.25) is 5.02 Å². The van der Waals surface area contributed by atoms with E-state index in [1.165, 1.54) is 18.7 Å². The van der Waals surface area contributed by atoms with Crippen molar-refractivity contribution >= 4 is 57.8 Å². The minimum Gasteiger partial charge on any atom is -0.326 e. The third kappa shape index (κ3) is 4.49. The zero-order valence-electron chi connectivity index (χ0n) is 13.2. The van der Waals surface area contributed by atoms with Crippen LogP contribution in [0.15, 0.2) is 58.4 Å². The van der Waals surface area contributed by atoms with E-state index >= 15 is 0 Å². The van der Waals surface area contributed by atoms with Gasteiger partial charge in [-0.15, -0.1) is 0 Å². The summed E-state index contributed by atoms with van der Waals surface area (Å²) >= 11 is 7.34. The number of nitrogens with one attached hydrogen (secondary N) is 2. The van der Waals surface area contributed by atoms with Crippen LogP contribution in [-0.4, -0.2) is 17.0 Å². The first-order valence-electron chi connectivity index (χ1n) is 7.43. The molecule has 2 amide bonds. The van der Waals surface area contributed by atoms with E-state index in [1.54, 1.807) is 30.3 Å². The first-order chi connectivity index (χ1) is 12.0. The lowest BCUT2D eigenvalue weighted by Crippen LogP contribution is -2.19. The standard InChI is InChI=1S/C18H14ClN3O2S/c1-11(23)20-13-8-6-12(7-9-13)10-16-17(24)22-18(25-16)21-15-5-3-2-4-14(15)19/h2-10H,1H3,(H,20,23)(H,21,22,24)/b16-10+. The average molecular weight is 372 g/mol. The van der Waals surface area contributed by atoms with Crippen molar-refractivity contribution in [2.75, 3.05) is 5.32 Å². The van der Waals surface area contributed by atoms with Gasteiger partial charge in [0.15, 0.2) is 5.17 Å². The monoisotopic (exact) mass is 371 g/mol. The van der Waals surface area contributed by atoms with Crippen molar-refractivity contribution in [1.29, 1.82) is 0 Å². The van der Waals surface area contributed by atoms with Gasteiger partial charge in [0.1, 0.15) is 0 Å². The molecule has 1 heterocycles. The van der Waals surface area contributed by atoms with Crippen LogP contribution in [0, 0.1) is 0 Å². The Morgan fingerprint density at radius 1 is 1.20 bits per heavy atom. The van der Waals surface area contributed by atoms with Gasteiger partial charge in [0, 0.05) is 12.6 Å². The molecule has 1 aliphatic rings. The predicted octanol–water partition coefficient (Wildman–Crippen LogP) is 4.19. The number of hydrogen-bond acceptors (Lipinski definition) is 4. The van der Waals surface area contributed by atoms with Crippen LogP contribution in [0.1, 0.15) is 12.5 Å². The summed E-state index contributed by atoms with van der Waals surface area (Å²) < 4.78 is 0. The third-order valence-electron chi connectivity index (χ3n) is 3.25. The van der Waals surface area contributed by atoms with Crippen molar-refractivity contribution in [2.45, 2.75) is 6.92 Å². The van der Waals surface area contributed by atoms with Gasteiger partial charge >= 0.3 is 0 Å². The van der Waals surface area contributed by atoms with Crippen molar-refractivity contribution < 1.29 is 9.59 Å². The Labute approximate surface area is 154 Å². The number of amidine groups is 1. The summed E-state index contributed by atoms with van der Waals surface area (Å²) in [7, 11) is 0. The van der Waals surface area contributed by atoms with Crippen LogP contribution in [-0.2, 0) is 9.59 Å². The highest BCUT2D eigenvalue weighted by atomic mass is 35.5. The molecule has 25 heavy (non-hydrogen) atoms. The van der Waals surface area contributed by atoms with Crippen LogP contribution in [0.4, 0.5) is 11.4 Å². The van der Waals surface area contributed by atoms with E-state index in [1.807, 2.05) is 24.3 Å². The molecule has 2 aromatic rings. The number of benzene rings is 2. The summed E-state index contributed by atoms with van der Waals surface area (Å²) in [6.07, 6.45) is 1.77. The maximum Gasteiger partial charge on any atom is 0.264 e. The van der Waals surface area contributed by atoms with Gasteiger partial charge in [-0.2, -0.15) is 0 Å². The van der Waals surface area contributed by atoms with E-state index in [2.05, 4.69) is 15.6 Å². The number of nitrogens with zero attached hydrogens (tertiary/aromatic N) is 1. The molecule has 0 saturated carbocycles. The lowest BCUT2D eigenvalue weighted by atomic mass is 10.2. The Bertz CT molecular complexity index is 891. The molecule has 0 aliphatic carbocycles. The minimum absolute atomic E-state index is 0.128. The molecular formula is C18H14ClN3O2S. The van der Waals surface area contributed by atoms with E-state index in [-0.39, 0.29) is 11.8 Å². The molecule has 2 aromatic carbocycles. The second-order valence-corrected chi connectivity index (χ2v) is 6.67. The molecule has 0 bridgehead atoms. The maximum atomic E-state index is 12.1. The number of rotatable bonds is 3. The van der Waals surface area contributed by atoms with Crippen molar-refractivity contribution in [1.82, 2.24) is 5.32 Å². The third-order valence-corrected chi connectivity index (χ3v) is 4.48. The summed E-state index contributed by atoms with van der Waals surface area (Å²) in [6.45, 7) is 1.45. The fourth-order valence-corrected chi connectivity index (χ4v) is 3.16. The van der Waals surface area contributed by atoms with Crippen LogP contribution < -0.4 is 10.6 Å². The lowest BCUT2D eigenvalue weighted by molar-refractivity contribution is -0.115. The molecule has 1 fully saturated rings. The molecule has 0 atom stereocenters. The molecular weight excluding hydrogens is 358 g/mol. The summed E-state index contributed by atoms with van der Waals surface area (Å²) in [6, 6.07) is 14.4. The molecule has 5 nitrogen and oxygen atoms in total. The topological polar surface area (TPSA) is 70.6 Å². The van der Waals surface area contributed by atoms with Gasteiger partial charge in [-0.05, 0) is 47.7 Å². The van der Waals surface area contributed by atoms with Gasteiger partial charge in [0.05, 0.1) is 15.6 Å². The Morgan fingerprint density at radius 2 is 1.92 bits per heavy atom. The summed E-state index contributed by atoms with van der Waals surface area (Å²) in [4.78, 5) is 28.0. The molecule has 0 unspecified atom stereocenters. The zero-order chi connectivity index (χ0) is 17.8. The van der Waals surface area contributed by atoms with Crippen LogP contribution in [0.25, 0.3) is 6.08 Å². The van der Waals surface area contributed by atoms with Gasteiger partial charge in [-0.1, -0.05) is 35.9 Å². The number of aliphatic imine (C=N–C) groups is 1. The summed E-state index contributed by atoms with van der Waals surface area (Å²) in [5, 5.41) is 6.44. The Kier molecular flexibility index (Phi) is 5.21. The molecule has 3 rings (SSSR count). The maximum absolute atomic E-state index is 12.1. The Morgan fingerprint density at radius 3 is 2.60 bits per heavy atom. The highest BCUT2D eigenvalue weighted by Gasteiger charge is 2.23.